The van der Waals surface area contributed by atoms with Crippen LogP contribution in [0.15, 0.2) is 18.2 Å². The van der Waals surface area contributed by atoms with Crippen LogP contribution in [0.1, 0.15) is 42.6 Å². The Kier molecular flexibility index (Phi) is 4.65. The summed E-state index contributed by atoms with van der Waals surface area (Å²) in [6.07, 6.45) is 0.101. The Morgan fingerprint density at radius 2 is 2.20 bits per heavy atom. The van der Waals surface area contributed by atoms with Crippen molar-refractivity contribution in [3.63, 3.8) is 0 Å². The van der Waals surface area contributed by atoms with E-state index >= 15 is 0 Å². The molecule has 4 heteroatoms. The van der Waals surface area contributed by atoms with Gasteiger partial charge < -0.3 is 14.4 Å². The monoisotopic (exact) mass is 277 g/mol. The third-order valence-corrected chi connectivity index (χ3v) is 3.63. The maximum atomic E-state index is 12.5. The Bertz CT molecular complexity index is 485. The number of amides is 1. The Labute approximate surface area is 120 Å². The summed E-state index contributed by atoms with van der Waals surface area (Å²) >= 11 is 0. The van der Waals surface area contributed by atoms with Crippen LogP contribution in [0, 0.1) is 0 Å². The maximum absolute atomic E-state index is 12.5. The molecule has 0 aliphatic carbocycles. The van der Waals surface area contributed by atoms with Crippen molar-refractivity contribution in [1.82, 2.24) is 4.90 Å². The minimum atomic E-state index is 0.0498. The zero-order valence-corrected chi connectivity index (χ0v) is 12.7. The van der Waals surface area contributed by atoms with Crippen LogP contribution >= 0.6 is 0 Å². The molecule has 0 aromatic heterocycles. The highest BCUT2D eigenvalue weighted by Gasteiger charge is 2.23. The molecule has 1 saturated heterocycles. The molecule has 2 rings (SSSR count). The van der Waals surface area contributed by atoms with Crippen LogP contribution in [0.25, 0.3) is 0 Å². The predicted octanol–water partition coefficient (Wildman–Crippen LogP) is 2.68. The van der Waals surface area contributed by atoms with E-state index in [-0.39, 0.29) is 12.0 Å². The summed E-state index contributed by atoms with van der Waals surface area (Å²) < 4.78 is 10.9. The fraction of sp³-hybridized carbons (Fsp3) is 0.562. The lowest BCUT2D eigenvalue weighted by molar-refractivity contribution is -0.0124. The van der Waals surface area contributed by atoms with Gasteiger partial charge in [-0.2, -0.15) is 0 Å². The third kappa shape index (κ3) is 3.12. The summed E-state index contributed by atoms with van der Waals surface area (Å²) in [5, 5.41) is 0. The molecule has 1 heterocycles. The topological polar surface area (TPSA) is 38.8 Å². The second-order valence-electron chi connectivity index (χ2n) is 5.54. The van der Waals surface area contributed by atoms with Gasteiger partial charge in [0.2, 0.25) is 0 Å². The van der Waals surface area contributed by atoms with Gasteiger partial charge >= 0.3 is 0 Å². The molecular weight excluding hydrogens is 254 g/mol. The van der Waals surface area contributed by atoms with Crippen LogP contribution < -0.4 is 4.74 Å². The van der Waals surface area contributed by atoms with E-state index in [4.69, 9.17) is 9.47 Å². The van der Waals surface area contributed by atoms with Crippen molar-refractivity contribution in [2.45, 2.75) is 32.8 Å². The molecule has 0 N–H and O–H groups in total. The smallest absolute Gasteiger partial charge is 0.254 e. The van der Waals surface area contributed by atoms with Gasteiger partial charge in [-0.05, 0) is 30.5 Å². The first-order valence-corrected chi connectivity index (χ1v) is 7.11. The number of hydrogen-bond donors (Lipinski definition) is 0. The molecule has 0 spiro atoms. The molecule has 1 unspecified atom stereocenters. The van der Waals surface area contributed by atoms with Gasteiger partial charge in [-0.3, -0.25) is 4.79 Å². The molecule has 1 aromatic carbocycles. The van der Waals surface area contributed by atoms with E-state index in [1.807, 2.05) is 30.0 Å². The molecule has 4 nitrogen and oxygen atoms in total. The highest BCUT2D eigenvalue weighted by molar-refractivity contribution is 5.94. The summed E-state index contributed by atoms with van der Waals surface area (Å²) in [5.74, 6) is 1.21. The summed E-state index contributed by atoms with van der Waals surface area (Å²) in [4.78, 5) is 14.4. The summed E-state index contributed by atoms with van der Waals surface area (Å²) in [6, 6.07) is 5.72. The Morgan fingerprint density at radius 1 is 1.45 bits per heavy atom. The van der Waals surface area contributed by atoms with E-state index in [0.717, 1.165) is 11.3 Å². The molecule has 0 radical (unpaired) electrons. The predicted molar refractivity (Wildman–Crippen MR) is 78.4 cm³/mol. The van der Waals surface area contributed by atoms with E-state index in [0.29, 0.717) is 31.2 Å². The van der Waals surface area contributed by atoms with Crippen LogP contribution in [0.5, 0.6) is 5.75 Å². The largest absolute Gasteiger partial charge is 0.496 e. The van der Waals surface area contributed by atoms with Crippen LogP contribution in [0.3, 0.4) is 0 Å². The minimum Gasteiger partial charge on any atom is -0.496 e. The fourth-order valence-corrected chi connectivity index (χ4v) is 2.51. The maximum Gasteiger partial charge on any atom is 0.254 e. The number of hydrogen-bond acceptors (Lipinski definition) is 3. The van der Waals surface area contributed by atoms with Crippen LogP contribution in [0.4, 0.5) is 0 Å². The molecule has 0 saturated carbocycles. The molecule has 1 fully saturated rings. The van der Waals surface area contributed by atoms with Gasteiger partial charge in [0.15, 0.2) is 0 Å². The van der Waals surface area contributed by atoms with Crippen LogP contribution in [0.2, 0.25) is 0 Å². The van der Waals surface area contributed by atoms with Crippen molar-refractivity contribution in [3.8, 4) is 5.75 Å². The molecule has 110 valence electrons. The number of ether oxygens (including phenoxy) is 2. The number of benzene rings is 1. The third-order valence-electron chi connectivity index (χ3n) is 3.63. The zero-order chi connectivity index (χ0) is 14.7. The van der Waals surface area contributed by atoms with Gasteiger partial charge in [0.25, 0.3) is 5.91 Å². The van der Waals surface area contributed by atoms with E-state index in [2.05, 4.69) is 13.8 Å². The van der Waals surface area contributed by atoms with Crippen LogP contribution in [-0.4, -0.2) is 43.7 Å². The van der Waals surface area contributed by atoms with E-state index in [1.54, 1.807) is 7.11 Å². The zero-order valence-electron chi connectivity index (χ0n) is 12.7. The lowest BCUT2D eigenvalue weighted by Crippen LogP contribution is -2.44. The highest BCUT2D eigenvalue weighted by atomic mass is 16.5. The van der Waals surface area contributed by atoms with Crippen molar-refractivity contribution in [1.29, 1.82) is 0 Å². The van der Waals surface area contributed by atoms with Gasteiger partial charge in [-0.25, -0.2) is 0 Å². The molecule has 1 atom stereocenters. The van der Waals surface area contributed by atoms with Gasteiger partial charge in [0.05, 0.1) is 19.8 Å². The van der Waals surface area contributed by atoms with Crippen LogP contribution in [-0.2, 0) is 4.74 Å². The molecule has 20 heavy (non-hydrogen) atoms. The number of carbonyl (C=O) groups is 1. The second-order valence-corrected chi connectivity index (χ2v) is 5.54. The number of rotatable bonds is 3. The molecule has 1 aromatic rings. The van der Waals surface area contributed by atoms with Gasteiger partial charge in [0.1, 0.15) is 5.75 Å². The first-order chi connectivity index (χ1) is 9.52. The lowest BCUT2D eigenvalue weighted by atomic mass is 10.00. The Hall–Kier alpha value is -1.55. The lowest BCUT2D eigenvalue weighted by Gasteiger charge is -2.31. The average Bonchev–Trinajstić information content (AvgIpc) is 2.45. The Balaban J connectivity index is 2.22. The number of morpholine rings is 1. The summed E-state index contributed by atoms with van der Waals surface area (Å²) in [6.45, 7) is 8.12. The van der Waals surface area contributed by atoms with E-state index < -0.39 is 0 Å². The van der Waals surface area contributed by atoms with Gasteiger partial charge in [-0.15, -0.1) is 0 Å². The standard InChI is InChI=1S/C16H23NO3/c1-11(2)14-6-5-13(9-15(14)19-4)16(18)17-7-8-20-12(3)10-17/h5-6,9,11-12H,7-8,10H2,1-4H3. The average molecular weight is 277 g/mol. The highest BCUT2D eigenvalue weighted by Crippen LogP contribution is 2.28. The fourth-order valence-electron chi connectivity index (χ4n) is 2.51. The number of nitrogens with zero attached hydrogens (tertiary/aromatic N) is 1. The van der Waals surface area contributed by atoms with Crippen molar-refractivity contribution in [2.75, 3.05) is 26.8 Å². The van der Waals surface area contributed by atoms with Crippen molar-refractivity contribution in [2.24, 2.45) is 0 Å². The second kappa shape index (κ2) is 6.27. The quantitative estimate of drug-likeness (QED) is 0.852. The van der Waals surface area contributed by atoms with Crippen molar-refractivity contribution in [3.05, 3.63) is 29.3 Å². The van der Waals surface area contributed by atoms with E-state index in [9.17, 15) is 4.79 Å². The normalized spacial score (nSPS) is 19.2. The van der Waals surface area contributed by atoms with Crippen molar-refractivity contribution >= 4 is 5.91 Å². The first-order valence-electron chi connectivity index (χ1n) is 7.11. The number of methoxy groups -OCH3 is 1. The first kappa shape index (κ1) is 14.9. The summed E-state index contributed by atoms with van der Waals surface area (Å²) in [7, 11) is 1.65. The van der Waals surface area contributed by atoms with Gasteiger partial charge in [0, 0.05) is 18.7 Å². The number of carbonyl (C=O) groups excluding carboxylic acids is 1. The van der Waals surface area contributed by atoms with Gasteiger partial charge in [-0.1, -0.05) is 19.9 Å². The molecule has 1 aliphatic heterocycles. The van der Waals surface area contributed by atoms with Crippen molar-refractivity contribution < 1.29 is 14.3 Å². The molecule has 0 bridgehead atoms. The molecule has 1 amide bonds. The van der Waals surface area contributed by atoms with E-state index in [1.165, 1.54) is 0 Å². The Morgan fingerprint density at radius 3 is 2.80 bits per heavy atom. The molecule has 1 aliphatic rings. The SMILES string of the molecule is COc1cc(C(=O)N2CCOC(C)C2)ccc1C(C)C. The minimum absolute atomic E-state index is 0.0498. The summed E-state index contributed by atoms with van der Waals surface area (Å²) in [5.41, 5.74) is 1.81. The molecular formula is C16H23NO3.